The number of carboxylic acids is 1. The molecule has 7 heteroatoms. The normalized spacial score (nSPS) is 9.94. The lowest BCUT2D eigenvalue weighted by Crippen LogP contribution is -2.33. The summed E-state index contributed by atoms with van der Waals surface area (Å²) >= 11 is 3.17. The Morgan fingerprint density at radius 1 is 1.44 bits per heavy atom. The van der Waals surface area contributed by atoms with E-state index in [2.05, 4.69) is 21.2 Å². The van der Waals surface area contributed by atoms with Gasteiger partial charge in [0.15, 0.2) is 0 Å². The molecule has 0 saturated carbocycles. The van der Waals surface area contributed by atoms with Gasteiger partial charge < -0.3 is 20.4 Å². The molecular weight excluding hydrogens is 304 g/mol. The summed E-state index contributed by atoms with van der Waals surface area (Å²) in [5, 5.41) is 20.2. The Balaban J connectivity index is 2.90. The summed E-state index contributed by atoms with van der Waals surface area (Å²) in [5.41, 5.74) is 0.204. The van der Waals surface area contributed by atoms with Gasteiger partial charge in [0.05, 0.1) is 17.9 Å². The van der Waals surface area contributed by atoms with E-state index < -0.39 is 12.0 Å². The summed E-state index contributed by atoms with van der Waals surface area (Å²) < 4.78 is 0.613. The molecule has 0 aromatic heterocycles. The van der Waals surface area contributed by atoms with Crippen molar-refractivity contribution >= 4 is 33.6 Å². The highest BCUT2D eigenvalue weighted by Gasteiger charge is 2.14. The van der Waals surface area contributed by atoms with Crippen LogP contribution in [0.25, 0.3) is 0 Å². The van der Waals surface area contributed by atoms with Crippen molar-refractivity contribution < 1.29 is 19.8 Å². The lowest BCUT2D eigenvalue weighted by atomic mass is 10.2. The van der Waals surface area contributed by atoms with Crippen molar-refractivity contribution in [1.29, 1.82) is 0 Å². The van der Waals surface area contributed by atoms with Crippen LogP contribution in [0.2, 0.25) is 0 Å². The number of benzene rings is 1. The third-order valence-corrected chi connectivity index (χ3v) is 2.73. The number of carbonyl (C=O) groups is 2. The smallest absolute Gasteiger partial charge is 0.337 e. The Morgan fingerprint density at radius 2 is 2.11 bits per heavy atom. The Labute approximate surface area is 112 Å². The lowest BCUT2D eigenvalue weighted by Gasteiger charge is -2.17. The monoisotopic (exact) mass is 316 g/mol. The maximum Gasteiger partial charge on any atom is 0.337 e. The fraction of sp³-hybridized carbons (Fsp3) is 0.273. The molecule has 1 aromatic rings. The van der Waals surface area contributed by atoms with Crippen LogP contribution >= 0.6 is 15.9 Å². The summed E-state index contributed by atoms with van der Waals surface area (Å²) in [4.78, 5) is 23.9. The van der Waals surface area contributed by atoms with Crippen LogP contribution in [0.3, 0.4) is 0 Å². The molecule has 0 heterocycles. The highest BCUT2D eigenvalue weighted by atomic mass is 79.9. The second-order valence-electron chi connectivity index (χ2n) is 3.57. The van der Waals surface area contributed by atoms with Crippen molar-refractivity contribution in [3.63, 3.8) is 0 Å². The van der Waals surface area contributed by atoms with Crippen LogP contribution in [-0.4, -0.2) is 47.3 Å². The number of hydrogen-bond acceptors (Lipinski definition) is 3. The first kappa shape index (κ1) is 14.5. The molecule has 1 aromatic carbocycles. The van der Waals surface area contributed by atoms with Gasteiger partial charge in [-0.05, 0) is 18.2 Å². The SMILES string of the molecule is CN(CCO)C(=O)Nc1ccc(Br)cc1C(=O)O. The second-order valence-corrected chi connectivity index (χ2v) is 4.49. The van der Waals surface area contributed by atoms with Crippen LogP contribution in [0.15, 0.2) is 22.7 Å². The standard InChI is InChI=1S/C11H13BrN2O4/c1-14(4-5-15)11(18)13-9-3-2-7(12)6-8(9)10(16)17/h2-3,6,15H,4-5H2,1H3,(H,13,18)(H,16,17). The zero-order valence-corrected chi connectivity index (χ0v) is 11.3. The number of nitrogens with one attached hydrogen (secondary N) is 1. The third kappa shape index (κ3) is 3.71. The minimum absolute atomic E-state index is 0.00452. The highest BCUT2D eigenvalue weighted by Crippen LogP contribution is 2.21. The molecule has 0 unspecified atom stereocenters. The molecule has 0 fully saturated rings. The summed E-state index contributed by atoms with van der Waals surface area (Å²) in [6.07, 6.45) is 0. The van der Waals surface area contributed by atoms with Gasteiger partial charge in [0.25, 0.3) is 0 Å². The Kier molecular flexibility index (Phi) is 5.11. The minimum Gasteiger partial charge on any atom is -0.478 e. The van der Waals surface area contributed by atoms with Crippen LogP contribution in [0.4, 0.5) is 10.5 Å². The number of rotatable bonds is 4. The average Bonchev–Trinajstić information content (AvgIpc) is 2.31. The number of amides is 2. The van der Waals surface area contributed by atoms with E-state index in [1.54, 1.807) is 6.07 Å². The molecule has 2 amide bonds. The van der Waals surface area contributed by atoms with Crippen LogP contribution in [0.1, 0.15) is 10.4 Å². The molecule has 0 saturated heterocycles. The summed E-state index contributed by atoms with van der Waals surface area (Å²) in [7, 11) is 1.50. The van der Waals surface area contributed by atoms with Crippen molar-refractivity contribution in [2.24, 2.45) is 0 Å². The molecule has 0 atom stereocenters. The van der Waals surface area contributed by atoms with Gasteiger partial charge in [0.2, 0.25) is 0 Å². The fourth-order valence-electron chi connectivity index (χ4n) is 1.26. The predicted molar refractivity (Wildman–Crippen MR) is 69.8 cm³/mol. The number of halogens is 1. The van der Waals surface area contributed by atoms with E-state index >= 15 is 0 Å². The predicted octanol–water partition coefficient (Wildman–Crippen LogP) is 1.60. The molecule has 0 aliphatic carbocycles. The quantitative estimate of drug-likeness (QED) is 0.787. The van der Waals surface area contributed by atoms with Crippen molar-refractivity contribution in [3.05, 3.63) is 28.2 Å². The first-order valence-electron chi connectivity index (χ1n) is 5.11. The molecule has 0 bridgehead atoms. The number of carbonyl (C=O) groups excluding carboxylic acids is 1. The van der Waals surface area contributed by atoms with Crippen molar-refractivity contribution in [2.45, 2.75) is 0 Å². The molecule has 98 valence electrons. The highest BCUT2D eigenvalue weighted by molar-refractivity contribution is 9.10. The molecule has 18 heavy (non-hydrogen) atoms. The zero-order valence-electron chi connectivity index (χ0n) is 9.68. The molecule has 0 aliphatic heterocycles. The molecule has 3 N–H and O–H groups in total. The maximum absolute atomic E-state index is 11.7. The van der Waals surface area contributed by atoms with E-state index in [0.717, 1.165) is 0 Å². The number of aliphatic hydroxyl groups excluding tert-OH is 1. The van der Waals surface area contributed by atoms with E-state index in [0.29, 0.717) is 4.47 Å². The number of anilines is 1. The van der Waals surface area contributed by atoms with Gasteiger partial charge in [0.1, 0.15) is 0 Å². The summed E-state index contributed by atoms with van der Waals surface area (Å²) in [6.45, 7) is 0.0147. The number of aliphatic hydroxyl groups is 1. The minimum atomic E-state index is -1.13. The summed E-state index contributed by atoms with van der Waals surface area (Å²) in [6, 6.07) is 4.06. The second kappa shape index (κ2) is 6.36. The van der Waals surface area contributed by atoms with Crippen molar-refractivity contribution in [3.8, 4) is 0 Å². The molecule has 0 spiro atoms. The molecule has 6 nitrogen and oxygen atoms in total. The first-order chi connectivity index (χ1) is 8.45. The molecular formula is C11H13BrN2O4. The van der Waals surface area contributed by atoms with Crippen LogP contribution in [-0.2, 0) is 0 Å². The largest absolute Gasteiger partial charge is 0.478 e. The lowest BCUT2D eigenvalue weighted by molar-refractivity contribution is 0.0698. The number of urea groups is 1. The van der Waals surface area contributed by atoms with Crippen molar-refractivity contribution in [1.82, 2.24) is 4.90 Å². The van der Waals surface area contributed by atoms with Gasteiger partial charge in [-0.3, -0.25) is 0 Å². The first-order valence-corrected chi connectivity index (χ1v) is 5.91. The van der Waals surface area contributed by atoms with Gasteiger partial charge in [-0.15, -0.1) is 0 Å². The van der Waals surface area contributed by atoms with E-state index in [9.17, 15) is 9.59 Å². The number of carboxylic acid groups (broad SMARTS) is 1. The number of nitrogens with zero attached hydrogens (tertiary/aromatic N) is 1. The number of likely N-dealkylation sites (N-methyl/N-ethyl adjacent to an activating group) is 1. The summed E-state index contributed by atoms with van der Waals surface area (Å²) in [5.74, 6) is -1.13. The van der Waals surface area contributed by atoms with E-state index in [4.69, 9.17) is 10.2 Å². The Hall–Kier alpha value is -1.60. The average molecular weight is 317 g/mol. The Morgan fingerprint density at radius 3 is 2.67 bits per heavy atom. The van der Waals surface area contributed by atoms with E-state index in [1.807, 2.05) is 0 Å². The van der Waals surface area contributed by atoms with Gasteiger partial charge >= 0.3 is 12.0 Å². The van der Waals surface area contributed by atoms with Gasteiger partial charge in [-0.1, -0.05) is 15.9 Å². The van der Waals surface area contributed by atoms with Crippen LogP contribution < -0.4 is 5.32 Å². The molecule has 1 rings (SSSR count). The topological polar surface area (TPSA) is 89.9 Å². The van der Waals surface area contributed by atoms with E-state index in [-0.39, 0.29) is 24.4 Å². The molecule has 0 aliphatic rings. The van der Waals surface area contributed by atoms with Crippen molar-refractivity contribution in [2.75, 3.05) is 25.5 Å². The fourth-order valence-corrected chi connectivity index (χ4v) is 1.63. The molecule has 0 radical (unpaired) electrons. The van der Waals surface area contributed by atoms with Crippen LogP contribution in [0.5, 0.6) is 0 Å². The zero-order chi connectivity index (χ0) is 13.7. The number of hydrogen-bond donors (Lipinski definition) is 3. The number of aromatic carboxylic acids is 1. The van der Waals surface area contributed by atoms with E-state index in [1.165, 1.54) is 24.1 Å². The third-order valence-electron chi connectivity index (χ3n) is 2.24. The van der Waals surface area contributed by atoms with Crippen LogP contribution in [0, 0.1) is 0 Å². The van der Waals surface area contributed by atoms with Gasteiger partial charge in [-0.2, -0.15) is 0 Å². The maximum atomic E-state index is 11.7. The van der Waals surface area contributed by atoms with Gasteiger partial charge in [0, 0.05) is 18.1 Å². The Bertz CT molecular complexity index is 464. The van der Waals surface area contributed by atoms with Gasteiger partial charge in [-0.25, -0.2) is 9.59 Å².